The van der Waals surface area contributed by atoms with E-state index >= 15 is 0 Å². The molecule has 0 aliphatic rings. The summed E-state index contributed by atoms with van der Waals surface area (Å²) in [5, 5.41) is 5.80. The third-order valence-electron chi connectivity index (χ3n) is 7.92. The molecule has 0 aliphatic heterocycles. The van der Waals surface area contributed by atoms with Crippen molar-refractivity contribution in [3.8, 4) is 0 Å². The van der Waals surface area contributed by atoms with Crippen molar-refractivity contribution in [1.29, 1.82) is 0 Å². The van der Waals surface area contributed by atoms with Crippen molar-refractivity contribution in [1.82, 2.24) is 0 Å². The maximum absolute atomic E-state index is 2.50. The van der Waals surface area contributed by atoms with Crippen molar-refractivity contribution in [3.05, 3.63) is 58.7 Å². The van der Waals surface area contributed by atoms with Gasteiger partial charge >= 0.3 is 0 Å². The van der Waals surface area contributed by atoms with E-state index in [2.05, 4.69) is 77.9 Å². The highest BCUT2D eigenvalue weighted by molar-refractivity contribution is 6.05. The first-order valence-corrected chi connectivity index (χ1v) is 13.5. The maximum Gasteiger partial charge on any atom is -0.0143 e. The Morgan fingerprint density at radius 1 is 0.562 bits per heavy atom. The normalized spacial score (nSPS) is 13.7. The Bertz CT molecular complexity index is 926. The Kier molecular flexibility index (Phi) is 9.21. The highest BCUT2D eigenvalue weighted by Gasteiger charge is 2.14. The summed E-state index contributed by atoms with van der Waals surface area (Å²) in [7, 11) is 0. The molecule has 0 heterocycles. The van der Waals surface area contributed by atoms with Crippen LogP contribution in [0.15, 0.2) is 36.4 Å². The predicted octanol–water partition coefficient (Wildman–Crippen LogP) is 10.1. The third-order valence-corrected chi connectivity index (χ3v) is 7.92. The number of aryl methyl sites for hydroxylation is 2. The molecular weight excluding hydrogens is 384 g/mol. The molecule has 0 nitrogen and oxygen atoms in total. The lowest BCUT2D eigenvalue weighted by molar-refractivity contribution is 0.449. The summed E-state index contributed by atoms with van der Waals surface area (Å²) in [6, 6.07) is 14.6. The van der Waals surface area contributed by atoms with Crippen molar-refractivity contribution < 1.29 is 0 Å². The molecule has 0 amide bonds. The number of benzene rings is 3. The first-order chi connectivity index (χ1) is 15.5. The molecule has 2 atom stereocenters. The van der Waals surface area contributed by atoms with Gasteiger partial charge in [-0.2, -0.15) is 0 Å². The molecular formula is C32H46. The molecule has 0 saturated heterocycles. The van der Waals surface area contributed by atoms with Crippen LogP contribution in [0.3, 0.4) is 0 Å². The van der Waals surface area contributed by atoms with Gasteiger partial charge in [0.1, 0.15) is 0 Å². The average Bonchev–Trinajstić information content (AvgIpc) is 2.82. The predicted molar refractivity (Wildman–Crippen MR) is 145 cm³/mol. The fourth-order valence-corrected chi connectivity index (χ4v) is 5.55. The average molecular weight is 431 g/mol. The second-order valence-corrected chi connectivity index (χ2v) is 10.3. The third kappa shape index (κ3) is 5.75. The maximum atomic E-state index is 2.50. The van der Waals surface area contributed by atoms with Crippen LogP contribution in [0, 0.1) is 25.7 Å². The van der Waals surface area contributed by atoms with Gasteiger partial charge in [-0.25, -0.2) is 0 Å². The Morgan fingerprint density at radius 2 is 0.969 bits per heavy atom. The molecule has 32 heavy (non-hydrogen) atoms. The number of rotatable bonds is 12. The van der Waals surface area contributed by atoms with Gasteiger partial charge < -0.3 is 0 Å². The molecule has 3 rings (SSSR count). The summed E-state index contributed by atoms with van der Waals surface area (Å²) >= 11 is 0. The summed E-state index contributed by atoms with van der Waals surface area (Å²) in [6.45, 7) is 14.0. The van der Waals surface area contributed by atoms with Gasteiger partial charge in [0.25, 0.3) is 0 Å². The van der Waals surface area contributed by atoms with Gasteiger partial charge in [-0.05, 0) is 82.3 Å². The van der Waals surface area contributed by atoms with Crippen molar-refractivity contribution >= 4 is 21.5 Å². The van der Waals surface area contributed by atoms with Gasteiger partial charge in [0.2, 0.25) is 0 Å². The molecule has 0 N–H and O–H groups in total. The van der Waals surface area contributed by atoms with Crippen LogP contribution in [0.25, 0.3) is 21.5 Å². The number of hydrogen-bond donors (Lipinski definition) is 0. The number of hydrogen-bond acceptors (Lipinski definition) is 0. The summed E-state index contributed by atoms with van der Waals surface area (Å²) < 4.78 is 0. The zero-order valence-corrected chi connectivity index (χ0v) is 21.7. The topological polar surface area (TPSA) is 0 Å². The Balaban J connectivity index is 1.95. The fraction of sp³-hybridized carbons (Fsp3) is 0.562. The molecule has 0 bridgehead atoms. The molecule has 0 fully saturated rings. The molecule has 3 aromatic rings. The van der Waals surface area contributed by atoms with E-state index in [0.717, 1.165) is 11.8 Å². The monoisotopic (exact) mass is 430 g/mol. The first kappa shape index (κ1) is 24.8. The van der Waals surface area contributed by atoms with Crippen molar-refractivity contribution in [2.24, 2.45) is 11.8 Å². The zero-order valence-electron chi connectivity index (χ0n) is 21.7. The van der Waals surface area contributed by atoms with Gasteiger partial charge in [0.05, 0.1) is 0 Å². The molecule has 0 aliphatic carbocycles. The van der Waals surface area contributed by atoms with Crippen LogP contribution < -0.4 is 0 Å². The molecule has 3 aromatic carbocycles. The summed E-state index contributed by atoms with van der Waals surface area (Å²) in [4.78, 5) is 0. The van der Waals surface area contributed by atoms with E-state index in [1.807, 2.05) is 0 Å². The summed E-state index contributed by atoms with van der Waals surface area (Å²) in [5.41, 5.74) is 5.93. The smallest absolute Gasteiger partial charge is 0.0143 e. The van der Waals surface area contributed by atoms with E-state index in [1.54, 1.807) is 0 Å². The van der Waals surface area contributed by atoms with Crippen LogP contribution in [-0.4, -0.2) is 0 Å². The summed E-state index contributed by atoms with van der Waals surface area (Å²) in [5.74, 6) is 1.63. The number of fused-ring (bicyclic) bond motifs is 2. The minimum absolute atomic E-state index is 0.816. The largest absolute Gasteiger partial charge is 0.0654 e. The second kappa shape index (κ2) is 11.9. The lowest BCUT2D eigenvalue weighted by Gasteiger charge is -2.18. The van der Waals surface area contributed by atoms with E-state index in [-0.39, 0.29) is 0 Å². The fourth-order valence-electron chi connectivity index (χ4n) is 5.55. The van der Waals surface area contributed by atoms with E-state index in [1.165, 1.54) is 108 Å². The van der Waals surface area contributed by atoms with Gasteiger partial charge in [0.15, 0.2) is 0 Å². The minimum atomic E-state index is 0.816. The van der Waals surface area contributed by atoms with Gasteiger partial charge in [0, 0.05) is 0 Å². The van der Waals surface area contributed by atoms with Crippen LogP contribution in [0.2, 0.25) is 0 Å². The Morgan fingerprint density at radius 3 is 1.31 bits per heavy atom. The van der Waals surface area contributed by atoms with Crippen LogP contribution in [-0.2, 0) is 12.8 Å². The lowest BCUT2D eigenvalue weighted by atomic mass is 9.86. The molecule has 0 saturated carbocycles. The molecule has 2 unspecified atom stereocenters. The Labute approximate surface area is 197 Å². The van der Waals surface area contributed by atoms with E-state index in [9.17, 15) is 0 Å². The summed E-state index contributed by atoms with van der Waals surface area (Å²) in [6.07, 6.45) is 13.1. The highest BCUT2D eigenvalue weighted by Crippen LogP contribution is 2.34. The molecule has 0 radical (unpaired) electrons. The van der Waals surface area contributed by atoms with E-state index < -0.39 is 0 Å². The van der Waals surface area contributed by atoms with Gasteiger partial charge in [-0.1, -0.05) is 115 Å². The van der Waals surface area contributed by atoms with Crippen molar-refractivity contribution in [3.63, 3.8) is 0 Å². The van der Waals surface area contributed by atoms with E-state index in [0.29, 0.717) is 0 Å². The van der Waals surface area contributed by atoms with Crippen molar-refractivity contribution in [2.45, 2.75) is 106 Å². The quantitative estimate of drug-likeness (QED) is 0.251. The second-order valence-electron chi connectivity index (χ2n) is 10.3. The SMILES string of the molecule is CCCCC(CC)Cc1ccc2c(C)c3cc(CC(CC)CCCC)ccc3c(C)c2c1. The highest BCUT2D eigenvalue weighted by atomic mass is 14.2. The molecule has 0 heteroatoms. The lowest BCUT2D eigenvalue weighted by Crippen LogP contribution is -2.04. The number of unbranched alkanes of at least 4 members (excludes halogenated alkanes) is 2. The van der Waals surface area contributed by atoms with Crippen LogP contribution in [0.5, 0.6) is 0 Å². The van der Waals surface area contributed by atoms with Gasteiger partial charge in [-0.15, -0.1) is 0 Å². The minimum Gasteiger partial charge on any atom is -0.0654 e. The molecule has 0 aromatic heterocycles. The standard InChI is InChI=1S/C32H46/c1-7-11-13-25(9-3)19-27-15-17-29-24(6)32-22-28(20-26(10-4)14-12-8-2)16-18-30(32)23(5)31(29)21-27/h15-18,21-22,25-26H,7-14,19-20H2,1-6H3. The Hall–Kier alpha value is -1.82. The zero-order chi connectivity index (χ0) is 23.1. The van der Waals surface area contributed by atoms with Crippen LogP contribution in [0.1, 0.15) is 101 Å². The van der Waals surface area contributed by atoms with Crippen molar-refractivity contribution in [2.75, 3.05) is 0 Å². The van der Waals surface area contributed by atoms with Crippen LogP contribution in [0.4, 0.5) is 0 Å². The molecule has 0 spiro atoms. The van der Waals surface area contributed by atoms with Crippen LogP contribution >= 0.6 is 0 Å². The van der Waals surface area contributed by atoms with E-state index in [4.69, 9.17) is 0 Å². The van der Waals surface area contributed by atoms with Gasteiger partial charge in [-0.3, -0.25) is 0 Å². The molecule has 174 valence electrons. The first-order valence-electron chi connectivity index (χ1n) is 13.5.